The van der Waals surface area contributed by atoms with Gasteiger partial charge in [-0.3, -0.25) is 0 Å². The van der Waals surface area contributed by atoms with Crippen molar-refractivity contribution in [2.75, 3.05) is 9.80 Å². The van der Waals surface area contributed by atoms with E-state index in [1.165, 1.54) is 96.6 Å². The van der Waals surface area contributed by atoms with Crippen LogP contribution in [0.1, 0.15) is 222 Å². The van der Waals surface area contributed by atoms with E-state index >= 15 is 4.39 Å². The smallest absolute Gasteiger partial charge is 0.252 e. The summed E-state index contributed by atoms with van der Waals surface area (Å²) in [5, 5.41) is 0. The van der Waals surface area contributed by atoms with Crippen LogP contribution in [-0.2, 0) is 37.9 Å². The summed E-state index contributed by atoms with van der Waals surface area (Å²) in [4.78, 5) is 5.44. The summed E-state index contributed by atoms with van der Waals surface area (Å²) in [5.41, 5.74) is 23.3. The van der Waals surface area contributed by atoms with Gasteiger partial charge in [0.25, 0.3) is 6.71 Å². The summed E-state index contributed by atoms with van der Waals surface area (Å²) in [5.74, 6) is 0.683. The van der Waals surface area contributed by atoms with Crippen LogP contribution >= 0.6 is 0 Å². The fourth-order valence-corrected chi connectivity index (χ4v) is 16.0. The van der Waals surface area contributed by atoms with Gasteiger partial charge in [-0.2, -0.15) is 0 Å². The number of hydrogen-bond acceptors (Lipinski definition) is 2. The van der Waals surface area contributed by atoms with Crippen molar-refractivity contribution < 1.29 is 4.39 Å². The van der Waals surface area contributed by atoms with E-state index in [-0.39, 0.29) is 61.3 Å². The van der Waals surface area contributed by atoms with Gasteiger partial charge in [-0.05, 0) is 216 Å². The van der Waals surface area contributed by atoms with Gasteiger partial charge in [0.15, 0.2) is 0 Å². The van der Waals surface area contributed by atoms with Crippen LogP contribution in [0.15, 0.2) is 96.7 Å². The molecule has 0 saturated heterocycles. The molecule has 2 aliphatic heterocycles. The van der Waals surface area contributed by atoms with Gasteiger partial charge < -0.3 is 9.80 Å². The highest BCUT2D eigenvalue weighted by Crippen LogP contribution is 2.59. The Balaban J connectivity index is 1.26. The Kier molecular flexibility index (Phi) is 11.0. The second-order valence-electron chi connectivity index (χ2n) is 31.9. The molecule has 4 heteroatoms. The van der Waals surface area contributed by atoms with Crippen molar-refractivity contribution in [1.29, 1.82) is 0 Å². The van der Waals surface area contributed by atoms with Crippen LogP contribution in [0.4, 0.5) is 32.8 Å². The maximum atomic E-state index is 17.1. The molecule has 2 unspecified atom stereocenters. The fraction of sp³-hybridized carbons (Fsp3) is 0.528. The summed E-state index contributed by atoms with van der Waals surface area (Å²) in [6.45, 7) is 46.9. The van der Waals surface area contributed by atoms with Crippen LogP contribution in [0.5, 0.6) is 0 Å². The molecule has 76 heavy (non-hydrogen) atoms. The summed E-state index contributed by atoms with van der Waals surface area (Å²) in [6, 6.07) is 28.5. The van der Waals surface area contributed by atoms with Gasteiger partial charge in [0.2, 0.25) is 0 Å². The van der Waals surface area contributed by atoms with Crippen molar-refractivity contribution in [1.82, 2.24) is 0 Å². The van der Waals surface area contributed by atoms with Crippen molar-refractivity contribution in [3.05, 3.63) is 141 Å². The zero-order valence-corrected chi connectivity index (χ0v) is 50.3. The lowest BCUT2D eigenvalue weighted by Gasteiger charge is -2.53. The lowest BCUT2D eigenvalue weighted by Crippen LogP contribution is -2.62. The molecule has 7 aliphatic rings. The lowest BCUT2D eigenvalue weighted by atomic mass is 9.32. The standard InChI is InChI=1S/C72H90BFN2/c1-64(2,3)43-34-61-63-62(35-43)76(58-40-52-49(67(8,9)28-31-70(52,14)15)37-46(58)45-22-20-21-23-57(45)74)60-42-54-51(69(12,13)30-33-72(54,18)19)39-56(60)73(63)55-38-50-53(71(16,17)32-29-68(50,10)11)41-59(55)75(61)44-24-25-47-48(36-44)66(6,7)27-26-65(47,4)5/h20-25,34-42,47-48H,26-33H2,1-19H3. The minimum atomic E-state index is -0.184. The molecule has 1 saturated carbocycles. The Hall–Kier alpha value is -4.83. The Morgan fingerprint density at radius 1 is 0.447 bits per heavy atom. The van der Waals surface area contributed by atoms with E-state index in [1.807, 2.05) is 18.2 Å². The fourth-order valence-electron chi connectivity index (χ4n) is 16.0. The number of anilines is 5. The van der Waals surface area contributed by atoms with Crippen molar-refractivity contribution in [2.24, 2.45) is 22.7 Å². The molecule has 2 nitrogen and oxygen atoms in total. The molecule has 398 valence electrons. The van der Waals surface area contributed by atoms with Gasteiger partial charge in [-0.1, -0.05) is 174 Å². The molecule has 2 atom stereocenters. The molecule has 5 aromatic carbocycles. The normalized spacial score (nSPS) is 24.9. The largest absolute Gasteiger partial charge is 0.312 e. The molecule has 5 aromatic rings. The Morgan fingerprint density at radius 2 is 0.855 bits per heavy atom. The molecule has 0 N–H and O–H groups in total. The molecule has 0 amide bonds. The first-order valence-electron chi connectivity index (χ1n) is 29.7. The van der Waals surface area contributed by atoms with Gasteiger partial charge in [-0.25, -0.2) is 4.39 Å². The van der Waals surface area contributed by atoms with Crippen molar-refractivity contribution in [3.8, 4) is 11.1 Å². The molecule has 12 rings (SSSR count). The SMILES string of the molecule is CC(C)(C)c1cc2c3c(c1)N(c1cc4c(cc1-c1ccccc1F)C(C)(C)CCC4(C)C)c1cc4c(cc1B3c1cc3c(cc1N2C1=CC2C(C=C1)C(C)(C)CCC2(C)C)C(C)(C)CCC3(C)C)C(C)(C)CCC4(C)C. The maximum Gasteiger partial charge on any atom is 0.252 e. The highest BCUT2D eigenvalue weighted by atomic mass is 19.1. The Labute approximate surface area is 459 Å². The van der Waals surface area contributed by atoms with Crippen molar-refractivity contribution >= 4 is 51.5 Å². The van der Waals surface area contributed by atoms with Gasteiger partial charge in [0, 0.05) is 39.6 Å². The van der Waals surface area contributed by atoms with E-state index in [0.717, 1.165) is 49.8 Å². The van der Waals surface area contributed by atoms with E-state index in [9.17, 15) is 0 Å². The van der Waals surface area contributed by atoms with Crippen LogP contribution in [0.3, 0.4) is 0 Å². The van der Waals surface area contributed by atoms with Gasteiger partial charge in [-0.15, -0.1) is 0 Å². The molecular weight excluding hydrogens is 923 g/mol. The van der Waals surface area contributed by atoms with Crippen LogP contribution in [-0.4, -0.2) is 6.71 Å². The first-order valence-corrected chi connectivity index (χ1v) is 29.7. The number of fused-ring (bicyclic) bond motifs is 8. The van der Waals surface area contributed by atoms with Crippen LogP contribution in [0, 0.1) is 28.5 Å². The van der Waals surface area contributed by atoms with Crippen molar-refractivity contribution in [2.45, 2.75) is 221 Å². The first kappa shape index (κ1) is 51.9. The molecular formula is C72H90BFN2. The summed E-state index contributed by atoms with van der Waals surface area (Å²) >= 11 is 0. The maximum absolute atomic E-state index is 17.1. The van der Waals surface area contributed by atoms with Crippen LogP contribution < -0.4 is 26.2 Å². The summed E-state index contributed by atoms with van der Waals surface area (Å²) < 4.78 is 17.1. The summed E-state index contributed by atoms with van der Waals surface area (Å²) in [7, 11) is 0. The molecule has 0 radical (unpaired) electrons. The second kappa shape index (κ2) is 16.2. The van der Waals surface area contributed by atoms with E-state index in [1.54, 1.807) is 6.07 Å². The molecule has 0 spiro atoms. The predicted molar refractivity (Wildman–Crippen MR) is 325 cm³/mol. The number of nitrogens with zero attached hydrogens (tertiary/aromatic N) is 2. The zero-order chi connectivity index (χ0) is 54.6. The Morgan fingerprint density at radius 3 is 1.33 bits per heavy atom. The molecule has 1 fully saturated rings. The number of allylic oxidation sites excluding steroid dienone is 3. The third kappa shape index (κ3) is 7.64. The lowest BCUT2D eigenvalue weighted by molar-refractivity contribution is 0.0327. The highest BCUT2D eigenvalue weighted by molar-refractivity contribution is 7.00. The van der Waals surface area contributed by atoms with E-state index in [4.69, 9.17) is 0 Å². The molecule has 0 bridgehead atoms. The number of rotatable bonds is 3. The Bertz CT molecular complexity index is 3360. The molecule has 0 aromatic heterocycles. The minimum Gasteiger partial charge on any atom is -0.312 e. The quantitative estimate of drug-likeness (QED) is 0.163. The second-order valence-corrected chi connectivity index (χ2v) is 31.9. The third-order valence-corrected chi connectivity index (χ3v) is 21.9. The number of halogens is 1. The van der Waals surface area contributed by atoms with Crippen LogP contribution in [0.2, 0.25) is 0 Å². The average molecular weight is 1010 g/mol. The molecule has 2 heterocycles. The van der Waals surface area contributed by atoms with E-state index < -0.39 is 0 Å². The highest BCUT2D eigenvalue weighted by Gasteiger charge is 2.52. The van der Waals surface area contributed by atoms with E-state index in [0.29, 0.717) is 17.4 Å². The van der Waals surface area contributed by atoms with E-state index in [2.05, 4.69) is 208 Å². The van der Waals surface area contributed by atoms with Gasteiger partial charge in [0.1, 0.15) is 5.82 Å². The molecule has 5 aliphatic carbocycles. The summed E-state index contributed by atoms with van der Waals surface area (Å²) in [6.07, 6.45) is 17.1. The van der Waals surface area contributed by atoms with Gasteiger partial charge in [0.05, 0.1) is 5.69 Å². The van der Waals surface area contributed by atoms with Crippen molar-refractivity contribution in [3.63, 3.8) is 0 Å². The average Bonchev–Trinajstić information content (AvgIpc) is 3.33. The zero-order valence-electron chi connectivity index (χ0n) is 50.3. The number of hydrogen-bond donors (Lipinski definition) is 0. The topological polar surface area (TPSA) is 6.48 Å². The monoisotopic (exact) mass is 1010 g/mol. The number of benzene rings is 5. The van der Waals surface area contributed by atoms with Crippen LogP contribution in [0.25, 0.3) is 11.1 Å². The first-order chi connectivity index (χ1) is 35.2. The predicted octanol–water partition coefficient (Wildman–Crippen LogP) is 18.1. The van der Waals surface area contributed by atoms with Gasteiger partial charge >= 0.3 is 0 Å². The minimum absolute atomic E-state index is 0.0100. The third-order valence-electron chi connectivity index (χ3n) is 21.9.